The zero-order valence-electron chi connectivity index (χ0n) is 10.3. The van der Waals surface area contributed by atoms with Crippen molar-refractivity contribution in [2.45, 2.75) is 57.5 Å². The molecule has 3 heteroatoms. The van der Waals surface area contributed by atoms with Gasteiger partial charge >= 0.3 is 0 Å². The third-order valence-corrected chi connectivity index (χ3v) is 3.75. The van der Waals surface area contributed by atoms with Gasteiger partial charge in [-0.2, -0.15) is 0 Å². The minimum absolute atomic E-state index is 0.478. The summed E-state index contributed by atoms with van der Waals surface area (Å²) in [5, 5.41) is 0. The fraction of sp³-hybridized carbons (Fsp3) is 0.923. The van der Waals surface area contributed by atoms with E-state index in [2.05, 4.69) is 11.8 Å². The summed E-state index contributed by atoms with van der Waals surface area (Å²) >= 11 is 0. The van der Waals surface area contributed by atoms with Gasteiger partial charge in [0, 0.05) is 44.7 Å². The van der Waals surface area contributed by atoms with E-state index >= 15 is 0 Å². The Balaban J connectivity index is 1.68. The molecule has 0 spiro atoms. The van der Waals surface area contributed by atoms with Crippen LogP contribution >= 0.6 is 0 Å². The average Bonchev–Trinajstić information content (AvgIpc) is 2.51. The molecule has 2 rings (SSSR count). The highest BCUT2D eigenvalue weighted by molar-refractivity contribution is 5.80. The van der Waals surface area contributed by atoms with Crippen LogP contribution in [0.25, 0.3) is 0 Å². The predicted molar refractivity (Wildman–Crippen MR) is 63.5 cm³/mol. The lowest BCUT2D eigenvalue weighted by Crippen LogP contribution is -2.43. The van der Waals surface area contributed by atoms with Gasteiger partial charge in [-0.15, -0.1) is 0 Å². The van der Waals surface area contributed by atoms with Crippen molar-refractivity contribution in [3.63, 3.8) is 0 Å². The molecule has 2 atom stereocenters. The van der Waals surface area contributed by atoms with Gasteiger partial charge in [0.05, 0.1) is 0 Å². The van der Waals surface area contributed by atoms with E-state index in [4.69, 9.17) is 4.74 Å². The molecule has 2 aliphatic rings. The van der Waals surface area contributed by atoms with Gasteiger partial charge in [-0.3, -0.25) is 9.69 Å². The van der Waals surface area contributed by atoms with E-state index < -0.39 is 0 Å². The summed E-state index contributed by atoms with van der Waals surface area (Å²) in [6, 6.07) is 1.11. The molecule has 0 amide bonds. The Hall–Kier alpha value is -0.410. The van der Waals surface area contributed by atoms with Crippen molar-refractivity contribution in [1.82, 2.24) is 4.90 Å². The molecule has 2 bridgehead atoms. The van der Waals surface area contributed by atoms with E-state index in [1.165, 1.54) is 12.8 Å². The molecule has 2 fully saturated rings. The van der Waals surface area contributed by atoms with Crippen molar-refractivity contribution in [1.29, 1.82) is 0 Å². The fourth-order valence-electron chi connectivity index (χ4n) is 3.02. The second-order valence-corrected chi connectivity index (χ2v) is 5.04. The minimum atomic E-state index is 0.478. The number of rotatable bonds is 6. The molecule has 0 saturated carbocycles. The summed E-state index contributed by atoms with van der Waals surface area (Å²) < 4.78 is 5.49. The van der Waals surface area contributed by atoms with Gasteiger partial charge in [-0.25, -0.2) is 0 Å². The third kappa shape index (κ3) is 2.83. The molecular weight excluding hydrogens is 202 g/mol. The van der Waals surface area contributed by atoms with Crippen LogP contribution in [-0.4, -0.2) is 42.5 Å². The zero-order valence-corrected chi connectivity index (χ0v) is 10.3. The number of ketones is 1. The number of ether oxygens (including phenoxy) is 1. The van der Waals surface area contributed by atoms with Gasteiger partial charge in [-0.1, -0.05) is 6.92 Å². The van der Waals surface area contributed by atoms with Crippen molar-refractivity contribution >= 4 is 5.78 Å². The highest BCUT2D eigenvalue weighted by atomic mass is 16.5. The van der Waals surface area contributed by atoms with E-state index in [1.807, 2.05) is 0 Å². The van der Waals surface area contributed by atoms with Crippen LogP contribution in [0.1, 0.15) is 45.4 Å². The van der Waals surface area contributed by atoms with Gasteiger partial charge in [-0.05, 0) is 25.7 Å². The number of carbonyl (C=O) groups excluding carboxylic acids is 1. The van der Waals surface area contributed by atoms with Gasteiger partial charge in [0.25, 0.3) is 0 Å². The second-order valence-electron chi connectivity index (χ2n) is 5.04. The maximum Gasteiger partial charge on any atom is 0.136 e. The topological polar surface area (TPSA) is 29.5 Å². The Labute approximate surface area is 98.1 Å². The lowest BCUT2D eigenvalue weighted by atomic mass is 10.0. The number of piperidine rings is 1. The molecule has 3 nitrogen and oxygen atoms in total. The van der Waals surface area contributed by atoms with Crippen molar-refractivity contribution < 1.29 is 9.53 Å². The lowest BCUT2D eigenvalue weighted by molar-refractivity contribution is -0.123. The summed E-state index contributed by atoms with van der Waals surface area (Å²) in [6.45, 7) is 5.01. The largest absolute Gasteiger partial charge is 0.381 e. The lowest BCUT2D eigenvalue weighted by Gasteiger charge is -2.33. The number of hydrogen-bond donors (Lipinski definition) is 0. The number of Topliss-reactive ketones (excluding diaryl/α,β-unsaturated/α-hetero) is 1. The first kappa shape index (κ1) is 12.1. The SMILES string of the molecule is CCCOCCCN1C2CCC1CC(=O)C2. The Kier molecular flexibility index (Phi) is 4.36. The summed E-state index contributed by atoms with van der Waals surface area (Å²) in [4.78, 5) is 14.0. The minimum Gasteiger partial charge on any atom is -0.381 e. The zero-order chi connectivity index (χ0) is 11.4. The van der Waals surface area contributed by atoms with Crippen LogP contribution in [0.3, 0.4) is 0 Å². The number of carbonyl (C=O) groups is 1. The Morgan fingerprint density at radius 1 is 1.25 bits per heavy atom. The normalized spacial score (nSPS) is 29.9. The summed E-state index contributed by atoms with van der Waals surface area (Å²) in [6.07, 6.45) is 6.27. The molecule has 0 aromatic carbocycles. The average molecular weight is 225 g/mol. The Bertz CT molecular complexity index is 226. The molecule has 16 heavy (non-hydrogen) atoms. The van der Waals surface area contributed by atoms with Gasteiger partial charge in [0.2, 0.25) is 0 Å². The standard InChI is InChI=1S/C13H23NO2/c1-2-7-16-8-3-6-14-11-4-5-12(14)10-13(15)9-11/h11-12H,2-10H2,1H3. The molecule has 0 radical (unpaired) electrons. The Morgan fingerprint density at radius 3 is 2.56 bits per heavy atom. The van der Waals surface area contributed by atoms with Crippen LogP contribution in [0.15, 0.2) is 0 Å². The third-order valence-electron chi connectivity index (χ3n) is 3.75. The predicted octanol–water partition coefficient (Wildman–Crippen LogP) is 2.00. The fourth-order valence-corrected chi connectivity index (χ4v) is 3.02. The van der Waals surface area contributed by atoms with E-state index in [1.54, 1.807) is 0 Å². The van der Waals surface area contributed by atoms with Crippen molar-refractivity contribution in [2.24, 2.45) is 0 Å². The number of nitrogens with zero attached hydrogens (tertiary/aromatic N) is 1. The molecule has 2 aliphatic heterocycles. The van der Waals surface area contributed by atoms with Crippen molar-refractivity contribution in [3.05, 3.63) is 0 Å². The molecule has 0 N–H and O–H groups in total. The summed E-state index contributed by atoms with van der Waals surface area (Å²) in [5.74, 6) is 0.478. The van der Waals surface area contributed by atoms with E-state index in [0.717, 1.165) is 45.4 Å². The van der Waals surface area contributed by atoms with Crippen LogP contribution in [0.5, 0.6) is 0 Å². The molecule has 0 aromatic rings. The molecule has 2 heterocycles. The summed E-state index contributed by atoms with van der Waals surface area (Å²) in [7, 11) is 0. The van der Waals surface area contributed by atoms with Crippen molar-refractivity contribution in [3.8, 4) is 0 Å². The van der Waals surface area contributed by atoms with Gasteiger partial charge < -0.3 is 4.74 Å². The first-order chi connectivity index (χ1) is 7.81. The quantitative estimate of drug-likeness (QED) is 0.648. The molecule has 0 aliphatic carbocycles. The number of hydrogen-bond acceptors (Lipinski definition) is 3. The molecule has 0 aromatic heterocycles. The van der Waals surface area contributed by atoms with Crippen LogP contribution < -0.4 is 0 Å². The Morgan fingerprint density at radius 2 is 1.94 bits per heavy atom. The molecule has 92 valence electrons. The van der Waals surface area contributed by atoms with E-state index in [-0.39, 0.29) is 0 Å². The first-order valence-electron chi connectivity index (χ1n) is 6.66. The maximum atomic E-state index is 11.4. The van der Waals surface area contributed by atoms with Crippen LogP contribution in [-0.2, 0) is 9.53 Å². The van der Waals surface area contributed by atoms with Crippen LogP contribution in [0.2, 0.25) is 0 Å². The molecule has 2 saturated heterocycles. The smallest absolute Gasteiger partial charge is 0.136 e. The second kappa shape index (κ2) is 5.78. The van der Waals surface area contributed by atoms with Gasteiger partial charge in [0.15, 0.2) is 0 Å². The highest BCUT2D eigenvalue weighted by Crippen LogP contribution is 2.33. The highest BCUT2D eigenvalue weighted by Gasteiger charge is 2.39. The first-order valence-corrected chi connectivity index (χ1v) is 6.66. The maximum absolute atomic E-state index is 11.4. The molecule has 2 unspecified atom stereocenters. The van der Waals surface area contributed by atoms with Gasteiger partial charge in [0.1, 0.15) is 5.78 Å². The van der Waals surface area contributed by atoms with Crippen LogP contribution in [0.4, 0.5) is 0 Å². The van der Waals surface area contributed by atoms with E-state index in [0.29, 0.717) is 17.9 Å². The number of fused-ring (bicyclic) bond motifs is 2. The molecular formula is C13H23NO2. The summed E-state index contributed by atoms with van der Waals surface area (Å²) in [5.41, 5.74) is 0. The monoisotopic (exact) mass is 225 g/mol. The van der Waals surface area contributed by atoms with Crippen molar-refractivity contribution in [2.75, 3.05) is 19.8 Å². The van der Waals surface area contributed by atoms with Crippen LogP contribution in [0, 0.1) is 0 Å². The van der Waals surface area contributed by atoms with E-state index in [9.17, 15) is 4.79 Å².